The molecule has 0 heterocycles. The van der Waals surface area contributed by atoms with Gasteiger partial charge in [0.15, 0.2) is 6.19 Å². The highest BCUT2D eigenvalue weighted by molar-refractivity contribution is 5.77. The van der Waals surface area contributed by atoms with Gasteiger partial charge in [-0.3, -0.25) is 10.1 Å². The molecule has 0 aromatic heterocycles. The van der Waals surface area contributed by atoms with E-state index in [4.69, 9.17) is 11.0 Å². The van der Waals surface area contributed by atoms with Crippen molar-refractivity contribution in [1.82, 2.24) is 5.32 Å². The van der Waals surface area contributed by atoms with Crippen molar-refractivity contribution in [1.29, 1.82) is 5.26 Å². The number of amides is 1. The number of nitriles is 1. The van der Waals surface area contributed by atoms with Crippen molar-refractivity contribution in [2.24, 2.45) is 11.1 Å². The van der Waals surface area contributed by atoms with Crippen molar-refractivity contribution in [3.8, 4) is 6.19 Å². The molecule has 0 bridgehead atoms. The molecule has 0 saturated heterocycles. The van der Waals surface area contributed by atoms with Gasteiger partial charge in [-0.1, -0.05) is 20.8 Å². The zero-order chi connectivity index (χ0) is 10.5. The summed E-state index contributed by atoms with van der Waals surface area (Å²) in [6.07, 6.45) is 2.56. The molecule has 74 valence electrons. The number of nitrogens with zero attached hydrogens (tertiary/aromatic N) is 1. The summed E-state index contributed by atoms with van der Waals surface area (Å²) in [6, 6.07) is -0.173. The molecule has 1 atom stereocenters. The van der Waals surface area contributed by atoms with E-state index in [1.165, 1.54) is 0 Å². The molecule has 4 nitrogen and oxygen atoms in total. The normalized spacial score (nSPS) is 13.2. The van der Waals surface area contributed by atoms with E-state index >= 15 is 0 Å². The van der Waals surface area contributed by atoms with Crippen LogP contribution in [0.3, 0.4) is 0 Å². The Bertz CT molecular complexity index is 212. The maximum absolute atomic E-state index is 10.9. The van der Waals surface area contributed by atoms with Crippen LogP contribution in [0.15, 0.2) is 0 Å². The Hall–Kier alpha value is -1.08. The summed E-state index contributed by atoms with van der Waals surface area (Å²) in [5.74, 6) is -0.306. The van der Waals surface area contributed by atoms with Gasteiger partial charge in [-0.15, -0.1) is 0 Å². The molecule has 0 aliphatic heterocycles. The molecule has 0 aromatic rings. The lowest BCUT2D eigenvalue weighted by Gasteiger charge is -2.22. The topological polar surface area (TPSA) is 78.9 Å². The summed E-state index contributed by atoms with van der Waals surface area (Å²) in [6.45, 7) is 6.19. The number of hydrogen-bond acceptors (Lipinski definition) is 3. The van der Waals surface area contributed by atoms with E-state index in [-0.39, 0.29) is 23.8 Å². The van der Waals surface area contributed by atoms with Crippen molar-refractivity contribution in [2.75, 3.05) is 0 Å². The summed E-state index contributed by atoms with van der Waals surface area (Å²) in [5, 5.41) is 10.2. The largest absolute Gasteiger partial charge is 0.327 e. The molecule has 0 aromatic carbocycles. The Morgan fingerprint density at radius 2 is 2.15 bits per heavy atom. The quantitative estimate of drug-likeness (QED) is 0.500. The van der Waals surface area contributed by atoms with Crippen LogP contribution in [-0.2, 0) is 4.79 Å². The van der Waals surface area contributed by atoms with Gasteiger partial charge >= 0.3 is 0 Å². The monoisotopic (exact) mass is 183 g/mol. The molecule has 0 aliphatic rings. The summed E-state index contributed by atoms with van der Waals surface area (Å²) < 4.78 is 0. The summed E-state index contributed by atoms with van der Waals surface area (Å²) >= 11 is 0. The van der Waals surface area contributed by atoms with E-state index in [1.807, 2.05) is 5.32 Å². The summed E-state index contributed by atoms with van der Waals surface area (Å²) in [5.41, 5.74) is 5.84. The molecule has 1 unspecified atom stereocenters. The lowest BCUT2D eigenvalue weighted by atomic mass is 9.87. The number of carbonyl (C=O) groups excluding carboxylic acids is 1. The van der Waals surface area contributed by atoms with Crippen molar-refractivity contribution >= 4 is 5.91 Å². The van der Waals surface area contributed by atoms with E-state index < -0.39 is 0 Å². The minimum Gasteiger partial charge on any atom is -0.327 e. The van der Waals surface area contributed by atoms with Crippen LogP contribution in [-0.4, -0.2) is 11.9 Å². The zero-order valence-corrected chi connectivity index (χ0v) is 8.42. The van der Waals surface area contributed by atoms with Gasteiger partial charge in [0.25, 0.3) is 0 Å². The van der Waals surface area contributed by atoms with Crippen LogP contribution in [0.25, 0.3) is 0 Å². The SMILES string of the molecule is CC(C)(C)CC(N)CC(=O)NC#N. The van der Waals surface area contributed by atoms with Gasteiger partial charge in [0.05, 0.1) is 0 Å². The van der Waals surface area contributed by atoms with Gasteiger partial charge in [0.2, 0.25) is 5.91 Å². The third-order valence-corrected chi connectivity index (χ3v) is 1.52. The zero-order valence-electron chi connectivity index (χ0n) is 8.42. The smallest absolute Gasteiger partial charge is 0.234 e. The molecule has 13 heavy (non-hydrogen) atoms. The second-order valence-electron chi connectivity index (χ2n) is 4.39. The number of nitrogens with one attached hydrogen (secondary N) is 1. The Kier molecular flexibility index (Phi) is 4.43. The first-order chi connectivity index (χ1) is 5.85. The van der Waals surface area contributed by atoms with Crippen LogP contribution in [0.1, 0.15) is 33.6 Å². The van der Waals surface area contributed by atoms with Gasteiger partial charge in [0.1, 0.15) is 0 Å². The molecule has 0 spiro atoms. The molecule has 4 heteroatoms. The first-order valence-electron chi connectivity index (χ1n) is 4.28. The third-order valence-electron chi connectivity index (χ3n) is 1.52. The number of nitrogens with two attached hydrogens (primary N) is 1. The average Bonchev–Trinajstić information content (AvgIpc) is 1.81. The molecular formula is C9H17N3O. The lowest BCUT2D eigenvalue weighted by Crippen LogP contribution is -2.32. The van der Waals surface area contributed by atoms with Gasteiger partial charge in [-0.05, 0) is 11.8 Å². The van der Waals surface area contributed by atoms with Crippen LogP contribution in [0.2, 0.25) is 0 Å². The second-order valence-corrected chi connectivity index (χ2v) is 4.39. The molecule has 0 rings (SSSR count). The van der Waals surface area contributed by atoms with Crippen LogP contribution < -0.4 is 11.1 Å². The third kappa shape index (κ3) is 7.29. The highest BCUT2D eigenvalue weighted by Gasteiger charge is 2.17. The molecule has 3 N–H and O–H groups in total. The van der Waals surface area contributed by atoms with Crippen LogP contribution in [0.5, 0.6) is 0 Å². The molecule has 0 saturated carbocycles. The van der Waals surface area contributed by atoms with Gasteiger partial charge in [-0.2, -0.15) is 5.26 Å². The highest BCUT2D eigenvalue weighted by atomic mass is 16.1. The van der Waals surface area contributed by atoms with E-state index in [2.05, 4.69) is 20.8 Å². The minimum absolute atomic E-state index is 0.117. The summed E-state index contributed by atoms with van der Waals surface area (Å²) in [4.78, 5) is 10.9. The van der Waals surface area contributed by atoms with Crippen molar-refractivity contribution in [3.05, 3.63) is 0 Å². The molecule has 0 radical (unpaired) electrons. The van der Waals surface area contributed by atoms with Crippen molar-refractivity contribution in [2.45, 2.75) is 39.7 Å². The number of rotatable bonds is 3. The second kappa shape index (κ2) is 4.83. The lowest BCUT2D eigenvalue weighted by molar-refractivity contribution is -0.120. The Morgan fingerprint density at radius 1 is 1.62 bits per heavy atom. The fourth-order valence-corrected chi connectivity index (χ4v) is 1.21. The van der Waals surface area contributed by atoms with Crippen LogP contribution >= 0.6 is 0 Å². The predicted molar refractivity (Wildman–Crippen MR) is 50.4 cm³/mol. The Morgan fingerprint density at radius 3 is 2.54 bits per heavy atom. The van der Waals surface area contributed by atoms with E-state index in [9.17, 15) is 4.79 Å². The van der Waals surface area contributed by atoms with Gasteiger partial charge < -0.3 is 5.73 Å². The molecular weight excluding hydrogens is 166 g/mol. The fourth-order valence-electron chi connectivity index (χ4n) is 1.21. The minimum atomic E-state index is -0.306. The number of hydrogen-bond donors (Lipinski definition) is 2. The van der Waals surface area contributed by atoms with E-state index in [1.54, 1.807) is 6.19 Å². The van der Waals surface area contributed by atoms with Crippen LogP contribution in [0.4, 0.5) is 0 Å². The first kappa shape index (κ1) is 11.9. The Labute approximate surface area is 79.1 Å². The van der Waals surface area contributed by atoms with Gasteiger partial charge in [0, 0.05) is 12.5 Å². The molecule has 1 amide bonds. The maximum atomic E-state index is 10.9. The Balaban J connectivity index is 3.82. The summed E-state index contributed by atoms with van der Waals surface area (Å²) in [7, 11) is 0. The van der Waals surface area contributed by atoms with E-state index in [0.717, 1.165) is 6.42 Å². The molecule has 0 fully saturated rings. The first-order valence-corrected chi connectivity index (χ1v) is 4.28. The van der Waals surface area contributed by atoms with Gasteiger partial charge in [-0.25, -0.2) is 0 Å². The number of carbonyl (C=O) groups is 1. The highest BCUT2D eigenvalue weighted by Crippen LogP contribution is 2.20. The molecule has 0 aliphatic carbocycles. The van der Waals surface area contributed by atoms with E-state index in [0.29, 0.717) is 0 Å². The standard InChI is InChI=1S/C9H17N3O/c1-9(2,3)5-7(11)4-8(13)12-6-10/h7H,4-5,11H2,1-3H3,(H,12,13). The fraction of sp³-hybridized carbons (Fsp3) is 0.778. The van der Waals surface area contributed by atoms with Crippen molar-refractivity contribution < 1.29 is 4.79 Å². The van der Waals surface area contributed by atoms with Crippen molar-refractivity contribution in [3.63, 3.8) is 0 Å². The maximum Gasteiger partial charge on any atom is 0.234 e. The predicted octanol–water partition coefficient (Wildman–Crippen LogP) is 0.737. The van der Waals surface area contributed by atoms with Crippen LogP contribution in [0, 0.1) is 16.9 Å². The average molecular weight is 183 g/mol.